The molecular formula is C50H72N2. The van der Waals surface area contributed by atoms with E-state index in [0.717, 1.165) is 11.4 Å². The van der Waals surface area contributed by atoms with Crippen LogP contribution in [0.1, 0.15) is 186 Å². The Morgan fingerprint density at radius 1 is 0.404 bits per heavy atom. The summed E-state index contributed by atoms with van der Waals surface area (Å²) in [5, 5.41) is 0. The van der Waals surface area contributed by atoms with Crippen LogP contribution in [-0.4, -0.2) is 0 Å². The van der Waals surface area contributed by atoms with Crippen molar-refractivity contribution in [2.45, 2.75) is 168 Å². The van der Waals surface area contributed by atoms with Crippen LogP contribution in [-0.2, 0) is 12.8 Å². The van der Waals surface area contributed by atoms with Gasteiger partial charge in [0.15, 0.2) is 0 Å². The topological polar surface area (TPSA) is 52.0 Å². The van der Waals surface area contributed by atoms with E-state index in [1.165, 1.54) is 173 Å². The van der Waals surface area contributed by atoms with Crippen molar-refractivity contribution in [3.05, 3.63) is 129 Å². The second-order valence-corrected chi connectivity index (χ2v) is 15.8. The molecule has 0 heterocycles. The molecule has 0 fully saturated rings. The first-order valence-electron chi connectivity index (χ1n) is 21.3. The van der Waals surface area contributed by atoms with Gasteiger partial charge in [0.25, 0.3) is 0 Å². The molecule has 0 saturated heterocycles. The van der Waals surface area contributed by atoms with Crippen LogP contribution in [0.4, 0.5) is 11.4 Å². The molecule has 0 aliphatic rings. The van der Waals surface area contributed by atoms with E-state index in [1.807, 2.05) is 0 Å². The first-order valence-corrected chi connectivity index (χ1v) is 21.3. The number of aryl methyl sites for hydroxylation is 4. The van der Waals surface area contributed by atoms with E-state index < -0.39 is 0 Å². The van der Waals surface area contributed by atoms with Crippen molar-refractivity contribution in [2.24, 2.45) is 0 Å². The molecule has 2 nitrogen and oxygen atoms in total. The van der Waals surface area contributed by atoms with Crippen LogP contribution in [0.3, 0.4) is 0 Å². The lowest BCUT2D eigenvalue weighted by Crippen LogP contribution is -2.04. The fourth-order valence-corrected chi connectivity index (χ4v) is 8.26. The third kappa shape index (κ3) is 13.8. The fourth-order valence-electron chi connectivity index (χ4n) is 8.26. The Morgan fingerprint density at radius 3 is 1.04 bits per heavy atom. The van der Waals surface area contributed by atoms with Crippen LogP contribution in [0, 0.1) is 13.8 Å². The number of hydrogen-bond donors (Lipinski definition) is 2. The van der Waals surface area contributed by atoms with Crippen molar-refractivity contribution in [1.29, 1.82) is 0 Å². The highest BCUT2D eigenvalue weighted by Crippen LogP contribution is 2.34. The van der Waals surface area contributed by atoms with Crippen molar-refractivity contribution < 1.29 is 0 Å². The van der Waals surface area contributed by atoms with Gasteiger partial charge < -0.3 is 11.5 Å². The quantitative estimate of drug-likeness (QED) is 0.0534. The van der Waals surface area contributed by atoms with E-state index in [9.17, 15) is 0 Å². The fraction of sp³-hybridized carbons (Fsp3) is 0.520. The number of nitrogens with two attached hydrogens (primary N) is 2. The predicted molar refractivity (Wildman–Crippen MR) is 230 cm³/mol. The van der Waals surface area contributed by atoms with Crippen LogP contribution >= 0.6 is 0 Å². The molecular weight excluding hydrogens is 629 g/mol. The third-order valence-corrected chi connectivity index (χ3v) is 11.5. The van der Waals surface area contributed by atoms with Gasteiger partial charge in [-0.3, -0.25) is 0 Å². The number of unbranched alkanes of at least 4 members (excludes halogenated alkanes) is 13. The largest absolute Gasteiger partial charge is 0.399 e. The smallest absolute Gasteiger partial charge is 0.0316 e. The molecule has 0 aliphatic heterocycles. The van der Waals surface area contributed by atoms with Gasteiger partial charge in [0.1, 0.15) is 0 Å². The first-order chi connectivity index (χ1) is 25.4. The molecule has 0 amide bonds. The molecule has 4 aromatic rings. The lowest BCUT2D eigenvalue weighted by molar-refractivity contribution is 0.540. The van der Waals surface area contributed by atoms with E-state index in [1.54, 1.807) is 0 Å². The average Bonchev–Trinajstić information content (AvgIpc) is 3.14. The van der Waals surface area contributed by atoms with Gasteiger partial charge in [0.2, 0.25) is 0 Å². The lowest BCUT2D eigenvalue weighted by Gasteiger charge is -2.21. The van der Waals surface area contributed by atoms with Gasteiger partial charge in [-0.15, -0.1) is 0 Å². The van der Waals surface area contributed by atoms with Crippen LogP contribution < -0.4 is 11.5 Å². The van der Waals surface area contributed by atoms with Gasteiger partial charge in [-0.25, -0.2) is 0 Å². The molecule has 4 rings (SSSR count). The summed E-state index contributed by atoms with van der Waals surface area (Å²) in [4.78, 5) is 0. The zero-order chi connectivity index (χ0) is 37.0. The van der Waals surface area contributed by atoms with Gasteiger partial charge in [-0.2, -0.15) is 0 Å². The maximum Gasteiger partial charge on any atom is 0.0316 e. The standard InChI is InChI=1S/C50H72N2/c1-5-7-23-49(47-35-33-45(51)37-39(47)3)43-29-25-41(26-30-43)21-19-17-15-13-11-9-10-12-14-16-18-20-22-42-27-31-44(32-28-42)50(24-8-6-2)48-36-34-46(52)38-40(48)4/h25-38,49-50H,5-24,51-52H2,1-4H3. The van der Waals surface area contributed by atoms with Crippen LogP contribution in [0.25, 0.3) is 0 Å². The van der Waals surface area contributed by atoms with Gasteiger partial charge in [0, 0.05) is 23.2 Å². The van der Waals surface area contributed by atoms with E-state index in [-0.39, 0.29) is 0 Å². The molecule has 2 unspecified atom stereocenters. The Hall–Kier alpha value is -3.52. The minimum atomic E-state index is 0.462. The van der Waals surface area contributed by atoms with Gasteiger partial charge >= 0.3 is 0 Å². The van der Waals surface area contributed by atoms with E-state index in [4.69, 9.17) is 11.5 Å². The van der Waals surface area contributed by atoms with Crippen LogP contribution in [0.2, 0.25) is 0 Å². The number of anilines is 2. The van der Waals surface area contributed by atoms with E-state index >= 15 is 0 Å². The highest BCUT2D eigenvalue weighted by Gasteiger charge is 2.17. The summed E-state index contributed by atoms with van der Waals surface area (Å²) in [6.45, 7) is 8.98. The molecule has 52 heavy (non-hydrogen) atoms. The normalized spacial score (nSPS) is 12.6. The summed E-state index contributed by atoms with van der Waals surface area (Å²) in [7, 11) is 0. The highest BCUT2D eigenvalue weighted by molar-refractivity contribution is 5.49. The summed E-state index contributed by atoms with van der Waals surface area (Å²) in [6.07, 6.45) is 26.3. The van der Waals surface area contributed by atoms with Crippen molar-refractivity contribution in [3.8, 4) is 0 Å². The number of hydrogen-bond acceptors (Lipinski definition) is 2. The van der Waals surface area contributed by atoms with Crippen LogP contribution in [0.5, 0.6) is 0 Å². The molecule has 0 spiro atoms. The summed E-state index contributed by atoms with van der Waals surface area (Å²) >= 11 is 0. The Balaban J connectivity index is 1.02. The highest BCUT2D eigenvalue weighted by atomic mass is 14.5. The summed E-state index contributed by atoms with van der Waals surface area (Å²) in [5.74, 6) is 0.924. The summed E-state index contributed by atoms with van der Waals surface area (Å²) < 4.78 is 0. The number of rotatable bonds is 25. The number of benzene rings is 4. The molecule has 0 aliphatic carbocycles. The van der Waals surface area contributed by atoms with E-state index in [0.29, 0.717) is 11.8 Å². The molecule has 4 N–H and O–H groups in total. The van der Waals surface area contributed by atoms with Crippen molar-refractivity contribution in [3.63, 3.8) is 0 Å². The maximum absolute atomic E-state index is 6.05. The summed E-state index contributed by atoms with van der Waals surface area (Å²) in [6, 6.07) is 31.9. The molecule has 2 atom stereocenters. The monoisotopic (exact) mass is 701 g/mol. The van der Waals surface area contributed by atoms with Crippen molar-refractivity contribution >= 4 is 11.4 Å². The first kappa shape index (κ1) is 41.2. The zero-order valence-corrected chi connectivity index (χ0v) is 33.5. The maximum atomic E-state index is 6.05. The molecule has 0 bridgehead atoms. The van der Waals surface area contributed by atoms with Gasteiger partial charge in [-0.05, 0) is 121 Å². The SMILES string of the molecule is CCCCC(c1ccc(CCCCCCCCCCCCCCc2ccc(C(CCCC)c3ccc(N)cc3C)cc2)cc1)c1ccc(N)cc1C. The summed E-state index contributed by atoms with van der Waals surface area (Å²) in [5.41, 5.74) is 25.2. The predicted octanol–water partition coefficient (Wildman–Crippen LogP) is 14.6. The second kappa shape index (κ2) is 23.2. The molecule has 282 valence electrons. The minimum absolute atomic E-state index is 0.462. The second-order valence-electron chi connectivity index (χ2n) is 15.8. The molecule has 0 aromatic heterocycles. The zero-order valence-electron chi connectivity index (χ0n) is 33.5. The third-order valence-electron chi connectivity index (χ3n) is 11.5. The Kier molecular flexibility index (Phi) is 18.4. The average molecular weight is 701 g/mol. The van der Waals surface area contributed by atoms with Gasteiger partial charge in [-0.1, -0.05) is 164 Å². The van der Waals surface area contributed by atoms with Gasteiger partial charge in [0.05, 0.1) is 0 Å². The van der Waals surface area contributed by atoms with Crippen molar-refractivity contribution in [1.82, 2.24) is 0 Å². The molecule has 0 saturated carbocycles. The lowest BCUT2D eigenvalue weighted by atomic mass is 9.84. The Labute approximate surface area is 319 Å². The van der Waals surface area contributed by atoms with Crippen molar-refractivity contribution in [2.75, 3.05) is 11.5 Å². The molecule has 2 heteroatoms. The van der Waals surface area contributed by atoms with Crippen LogP contribution in [0.15, 0.2) is 84.9 Å². The molecule has 4 aromatic carbocycles. The minimum Gasteiger partial charge on any atom is -0.399 e. The Bertz CT molecular complexity index is 1430. The number of nitrogen functional groups attached to an aromatic ring is 2. The Morgan fingerprint density at radius 2 is 0.731 bits per heavy atom. The van der Waals surface area contributed by atoms with E-state index in [2.05, 4.69) is 113 Å². The molecule has 0 radical (unpaired) electrons.